The lowest BCUT2D eigenvalue weighted by molar-refractivity contribution is -0.122. The molecule has 3 rings (SSSR count). The van der Waals surface area contributed by atoms with E-state index in [1.165, 1.54) is 32.8 Å². The highest BCUT2D eigenvalue weighted by molar-refractivity contribution is 5.93. The number of fused-ring (bicyclic) bond motifs is 2. The molecule has 2 saturated carbocycles. The molecule has 2 unspecified atom stereocenters. The number of nitrogens with one attached hydrogen (secondary N) is 1. The molecule has 0 aromatic heterocycles. The van der Waals surface area contributed by atoms with Crippen LogP contribution in [0.5, 0.6) is 11.5 Å². The molecule has 1 aromatic rings. The average molecular weight is 336 g/mol. The number of benzene rings is 1. The number of amides is 1. The summed E-state index contributed by atoms with van der Waals surface area (Å²) in [6.45, 7) is 0. The number of carbonyl (C=O) groups is 1. The van der Waals surface area contributed by atoms with E-state index in [1.54, 1.807) is 0 Å². The lowest BCUT2D eigenvalue weighted by atomic mass is 9.65. The van der Waals surface area contributed by atoms with Crippen molar-refractivity contribution in [1.82, 2.24) is 0 Å². The first-order valence-electron chi connectivity index (χ1n) is 8.51. The van der Waals surface area contributed by atoms with Gasteiger partial charge in [-0.15, -0.1) is 0 Å². The van der Waals surface area contributed by atoms with Crippen molar-refractivity contribution < 1.29 is 18.7 Å². The molecular formula is C18H25FN2O3. The first kappa shape index (κ1) is 17.0. The SMILES string of the molecule is COc1cc(F)c(NC(=O)C2CC3CCCC(C2)C3N)cc1OC. The average Bonchev–Trinajstić information content (AvgIpc) is 2.55. The van der Waals surface area contributed by atoms with E-state index in [0.29, 0.717) is 23.3 Å². The minimum absolute atomic E-state index is 0.104. The van der Waals surface area contributed by atoms with Crippen molar-refractivity contribution in [2.24, 2.45) is 23.5 Å². The monoisotopic (exact) mass is 336 g/mol. The van der Waals surface area contributed by atoms with Crippen LogP contribution >= 0.6 is 0 Å². The van der Waals surface area contributed by atoms with Crippen LogP contribution in [0, 0.1) is 23.6 Å². The van der Waals surface area contributed by atoms with Crippen LogP contribution in [0.15, 0.2) is 12.1 Å². The van der Waals surface area contributed by atoms with Crippen molar-refractivity contribution >= 4 is 11.6 Å². The lowest BCUT2D eigenvalue weighted by Crippen LogP contribution is -2.48. The Balaban J connectivity index is 1.73. The molecule has 132 valence electrons. The molecule has 6 heteroatoms. The van der Waals surface area contributed by atoms with Gasteiger partial charge >= 0.3 is 0 Å². The maximum absolute atomic E-state index is 14.2. The smallest absolute Gasteiger partial charge is 0.227 e. The summed E-state index contributed by atoms with van der Waals surface area (Å²) in [6, 6.07) is 2.89. The van der Waals surface area contributed by atoms with Gasteiger partial charge in [0.15, 0.2) is 17.3 Å². The zero-order valence-corrected chi connectivity index (χ0v) is 14.2. The quantitative estimate of drug-likeness (QED) is 0.886. The normalized spacial score (nSPS) is 29.0. The summed E-state index contributed by atoms with van der Waals surface area (Å²) in [5, 5.41) is 2.72. The highest BCUT2D eigenvalue weighted by Crippen LogP contribution is 2.42. The Morgan fingerprint density at radius 3 is 2.33 bits per heavy atom. The van der Waals surface area contributed by atoms with Crippen LogP contribution in [-0.4, -0.2) is 26.2 Å². The van der Waals surface area contributed by atoms with E-state index in [0.717, 1.165) is 25.7 Å². The minimum Gasteiger partial charge on any atom is -0.493 e. The molecule has 5 nitrogen and oxygen atoms in total. The summed E-state index contributed by atoms with van der Waals surface area (Å²) in [6.07, 6.45) is 4.96. The molecule has 2 bridgehead atoms. The van der Waals surface area contributed by atoms with Crippen molar-refractivity contribution in [2.45, 2.75) is 38.1 Å². The molecule has 0 radical (unpaired) electrons. The molecule has 0 saturated heterocycles. The van der Waals surface area contributed by atoms with Crippen molar-refractivity contribution in [3.8, 4) is 11.5 Å². The first-order chi connectivity index (χ1) is 11.5. The molecule has 2 atom stereocenters. The first-order valence-corrected chi connectivity index (χ1v) is 8.51. The number of halogens is 1. The fraction of sp³-hybridized carbons (Fsp3) is 0.611. The minimum atomic E-state index is -0.534. The van der Waals surface area contributed by atoms with Gasteiger partial charge in [0.25, 0.3) is 0 Å². The third-order valence-electron chi connectivity index (χ3n) is 5.51. The van der Waals surface area contributed by atoms with Crippen LogP contribution in [0.2, 0.25) is 0 Å². The van der Waals surface area contributed by atoms with Gasteiger partial charge in [-0.2, -0.15) is 0 Å². The third-order valence-corrected chi connectivity index (χ3v) is 5.51. The Morgan fingerprint density at radius 1 is 1.17 bits per heavy atom. The van der Waals surface area contributed by atoms with E-state index >= 15 is 0 Å². The predicted octanol–water partition coefficient (Wildman–Crippen LogP) is 2.94. The third kappa shape index (κ3) is 3.20. The van der Waals surface area contributed by atoms with Gasteiger partial charge in [0.1, 0.15) is 0 Å². The van der Waals surface area contributed by atoms with Gasteiger partial charge in [0, 0.05) is 24.1 Å². The van der Waals surface area contributed by atoms with Crippen LogP contribution in [-0.2, 0) is 4.79 Å². The van der Waals surface area contributed by atoms with Gasteiger partial charge in [-0.1, -0.05) is 6.42 Å². The van der Waals surface area contributed by atoms with E-state index in [1.807, 2.05) is 0 Å². The number of anilines is 1. The molecule has 1 amide bonds. The second kappa shape index (κ2) is 6.97. The molecule has 0 spiro atoms. The van der Waals surface area contributed by atoms with Gasteiger partial charge in [-0.25, -0.2) is 4.39 Å². The van der Waals surface area contributed by atoms with E-state index < -0.39 is 5.82 Å². The van der Waals surface area contributed by atoms with Gasteiger partial charge in [0.05, 0.1) is 19.9 Å². The number of rotatable bonds is 4. The Hall–Kier alpha value is -1.82. The number of ether oxygens (including phenoxy) is 2. The number of hydrogen-bond donors (Lipinski definition) is 2. The molecule has 0 heterocycles. The Morgan fingerprint density at radius 2 is 1.75 bits per heavy atom. The highest BCUT2D eigenvalue weighted by Gasteiger charge is 2.40. The molecule has 3 N–H and O–H groups in total. The largest absolute Gasteiger partial charge is 0.493 e. The Labute approximate surface area is 141 Å². The summed E-state index contributed by atoms with van der Waals surface area (Å²) in [7, 11) is 2.92. The summed E-state index contributed by atoms with van der Waals surface area (Å²) in [4.78, 5) is 12.6. The number of hydrogen-bond acceptors (Lipinski definition) is 4. The van der Waals surface area contributed by atoms with E-state index in [2.05, 4.69) is 5.32 Å². The predicted molar refractivity (Wildman–Crippen MR) is 89.7 cm³/mol. The van der Waals surface area contributed by atoms with Crippen molar-refractivity contribution in [3.05, 3.63) is 17.9 Å². The highest BCUT2D eigenvalue weighted by atomic mass is 19.1. The zero-order valence-electron chi connectivity index (χ0n) is 14.2. The van der Waals surface area contributed by atoms with Crippen molar-refractivity contribution in [2.75, 3.05) is 19.5 Å². The second-order valence-electron chi connectivity index (χ2n) is 6.87. The summed E-state index contributed by atoms with van der Waals surface area (Å²) in [5.41, 5.74) is 6.39. The topological polar surface area (TPSA) is 73.6 Å². The Bertz CT molecular complexity index is 609. The van der Waals surface area contributed by atoms with Gasteiger partial charge in [-0.3, -0.25) is 4.79 Å². The van der Waals surface area contributed by atoms with Crippen LogP contribution in [0.1, 0.15) is 32.1 Å². The Kier molecular flexibility index (Phi) is 4.94. The summed E-state index contributed by atoms with van der Waals surface area (Å²) in [5.74, 6) is 0.723. The van der Waals surface area contributed by atoms with E-state index in [4.69, 9.17) is 15.2 Å². The molecule has 24 heavy (non-hydrogen) atoms. The van der Waals surface area contributed by atoms with Crippen LogP contribution < -0.4 is 20.5 Å². The molecular weight excluding hydrogens is 311 g/mol. The van der Waals surface area contributed by atoms with Crippen LogP contribution in [0.3, 0.4) is 0 Å². The standard InChI is InChI=1S/C18H25FN2O3/c1-23-15-8-13(19)14(9-16(15)24-2)21-18(22)12-6-10-4-3-5-11(7-12)17(10)20/h8-12,17H,3-7,20H2,1-2H3,(H,21,22). The maximum Gasteiger partial charge on any atom is 0.227 e. The number of nitrogens with two attached hydrogens (primary N) is 1. The second-order valence-corrected chi connectivity index (χ2v) is 6.87. The molecule has 2 aliphatic carbocycles. The maximum atomic E-state index is 14.2. The van der Waals surface area contributed by atoms with E-state index in [9.17, 15) is 9.18 Å². The number of carbonyl (C=O) groups excluding carboxylic acids is 1. The fourth-order valence-electron chi connectivity index (χ4n) is 4.19. The number of methoxy groups -OCH3 is 2. The van der Waals surface area contributed by atoms with Gasteiger partial charge in [0.2, 0.25) is 5.91 Å². The van der Waals surface area contributed by atoms with Crippen LogP contribution in [0.4, 0.5) is 10.1 Å². The van der Waals surface area contributed by atoms with Crippen molar-refractivity contribution in [3.63, 3.8) is 0 Å². The fourth-order valence-corrected chi connectivity index (χ4v) is 4.19. The van der Waals surface area contributed by atoms with E-state index in [-0.39, 0.29) is 23.6 Å². The summed E-state index contributed by atoms with van der Waals surface area (Å²) >= 11 is 0. The van der Waals surface area contributed by atoms with Gasteiger partial charge < -0.3 is 20.5 Å². The van der Waals surface area contributed by atoms with Crippen LogP contribution in [0.25, 0.3) is 0 Å². The molecule has 2 fully saturated rings. The van der Waals surface area contributed by atoms with Gasteiger partial charge in [-0.05, 0) is 37.5 Å². The summed E-state index contributed by atoms with van der Waals surface area (Å²) < 4.78 is 24.4. The molecule has 2 aliphatic rings. The lowest BCUT2D eigenvalue weighted by Gasteiger charge is -2.43. The van der Waals surface area contributed by atoms with Crippen molar-refractivity contribution in [1.29, 1.82) is 0 Å². The molecule has 0 aliphatic heterocycles. The zero-order chi connectivity index (χ0) is 17.3. The molecule has 1 aromatic carbocycles.